The number of aryl methyl sites for hydroxylation is 1. The maximum atomic E-state index is 8.98. The van der Waals surface area contributed by atoms with Gasteiger partial charge in [0.05, 0.1) is 24.4 Å². The highest BCUT2D eigenvalue weighted by atomic mass is 16.5. The van der Waals surface area contributed by atoms with Gasteiger partial charge >= 0.3 is 0 Å². The van der Waals surface area contributed by atoms with Gasteiger partial charge in [0.15, 0.2) is 11.5 Å². The van der Waals surface area contributed by atoms with Crippen LogP contribution in [-0.2, 0) is 0 Å². The Bertz CT molecular complexity index is 959. The molecule has 0 N–H and O–H groups in total. The zero-order valence-corrected chi connectivity index (χ0v) is 15.5. The largest absolute Gasteiger partial charge is 0.493 e. The Morgan fingerprint density at radius 3 is 2.74 bits per heavy atom. The van der Waals surface area contributed by atoms with E-state index in [-0.39, 0.29) is 6.10 Å². The minimum atomic E-state index is -0.203. The molecule has 3 rings (SSSR count). The van der Waals surface area contributed by atoms with E-state index < -0.39 is 0 Å². The molecule has 1 unspecified atom stereocenters. The van der Waals surface area contributed by atoms with Gasteiger partial charge in [-0.1, -0.05) is 6.07 Å². The molecule has 3 aromatic rings. The Labute approximate surface area is 158 Å². The predicted octanol–water partition coefficient (Wildman–Crippen LogP) is 3.91. The molecular formula is C21H21N3O3. The van der Waals surface area contributed by atoms with Gasteiger partial charge < -0.3 is 18.8 Å². The minimum Gasteiger partial charge on any atom is -0.493 e. The van der Waals surface area contributed by atoms with Crippen molar-refractivity contribution in [1.82, 2.24) is 9.55 Å². The number of hydrogen-bond acceptors (Lipinski definition) is 5. The maximum absolute atomic E-state index is 8.98. The van der Waals surface area contributed by atoms with Gasteiger partial charge in [-0.2, -0.15) is 5.26 Å². The van der Waals surface area contributed by atoms with Crippen LogP contribution in [0.2, 0.25) is 0 Å². The molecule has 6 heteroatoms. The Morgan fingerprint density at radius 2 is 2.04 bits per heavy atom. The van der Waals surface area contributed by atoms with Crippen LogP contribution >= 0.6 is 0 Å². The van der Waals surface area contributed by atoms with E-state index in [1.165, 1.54) is 0 Å². The smallest absolute Gasteiger partial charge is 0.162 e. The van der Waals surface area contributed by atoms with Crippen LogP contribution in [0.5, 0.6) is 17.2 Å². The third-order valence-electron chi connectivity index (χ3n) is 4.03. The molecule has 1 atom stereocenters. The fourth-order valence-electron chi connectivity index (χ4n) is 2.67. The summed E-state index contributed by atoms with van der Waals surface area (Å²) in [5.74, 6) is 2.77. The van der Waals surface area contributed by atoms with Crippen LogP contribution in [0.1, 0.15) is 18.3 Å². The fraction of sp³-hybridized carbons (Fsp3) is 0.238. The average molecular weight is 363 g/mol. The van der Waals surface area contributed by atoms with Gasteiger partial charge in [-0.15, -0.1) is 0 Å². The summed E-state index contributed by atoms with van der Waals surface area (Å²) in [5, 5.41) is 8.98. The summed E-state index contributed by atoms with van der Waals surface area (Å²) in [6.07, 6.45) is 3.48. The summed E-state index contributed by atoms with van der Waals surface area (Å²) in [4.78, 5) is 4.24. The van der Waals surface area contributed by atoms with E-state index in [2.05, 4.69) is 11.1 Å². The quantitative estimate of drug-likeness (QED) is 0.637. The first-order valence-electron chi connectivity index (χ1n) is 8.58. The maximum Gasteiger partial charge on any atom is 0.162 e. The van der Waals surface area contributed by atoms with Crippen LogP contribution in [0.4, 0.5) is 0 Å². The van der Waals surface area contributed by atoms with Crippen molar-refractivity contribution in [3.05, 3.63) is 66.2 Å². The summed E-state index contributed by atoms with van der Waals surface area (Å²) in [6.45, 7) is 4.24. The minimum absolute atomic E-state index is 0.203. The van der Waals surface area contributed by atoms with Gasteiger partial charge in [-0.25, -0.2) is 4.98 Å². The van der Waals surface area contributed by atoms with Crippen LogP contribution in [0.25, 0.3) is 5.69 Å². The molecule has 1 aromatic heterocycles. The van der Waals surface area contributed by atoms with Gasteiger partial charge in [-0.3, -0.25) is 0 Å². The third-order valence-corrected chi connectivity index (χ3v) is 4.03. The Balaban J connectivity index is 1.64. The summed E-state index contributed by atoms with van der Waals surface area (Å²) in [6, 6.07) is 15.0. The SMILES string of the molecule is COc1cc(C#N)ccc1OC(C)COc1cccc(-n2ccnc2C)c1. The molecule has 27 heavy (non-hydrogen) atoms. The summed E-state index contributed by atoms with van der Waals surface area (Å²) in [7, 11) is 1.55. The number of benzene rings is 2. The van der Waals surface area contributed by atoms with Gasteiger partial charge in [0.25, 0.3) is 0 Å². The van der Waals surface area contributed by atoms with Gasteiger partial charge in [-0.05, 0) is 38.1 Å². The number of hydrogen-bond donors (Lipinski definition) is 0. The molecule has 2 aromatic carbocycles. The van der Waals surface area contributed by atoms with Crippen molar-refractivity contribution >= 4 is 0 Å². The van der Waals surface area contributed by atoms with Crippen LogP contribution in [0.15, 0.2) is 54.9 Å². The Morgan fingerprint density at radius 1 is 1.19 bits per heavy atom. The highest BCUT2D eigenvalue weighted by molar-refractivity contribution is 5.46. The zero-order valence-electron chi connectivity index (χ0n) is 15.5. The van der Waals surface area contributed by atoms with E-state index >= 15 is 0 Å². The Kier molecular flexibility index (Phi) is 5.62. The summed E-state index contributed by atoms with van der Waals surface area (Å²) >= 11 is 0. The van der Waals surface area contributed by atoms with Gasteiger partial charge in [0.2, 0.25) is 0 Å². The molecule has 6 nitrogen and oxygen atoms in total. The average Bonchev–Trinajstić information content (AvgIpc) is 3.13. The van der Waals surface area contributed by atoms with Crippen LogP contribution in [0.3, 0.4) is 0 Å². The second-order valence-electron chi connectivity index (χ2n) is 6.06. The molecule has 0 saturated carbocycles. The highest BCUT2D eigenvalue weighted by Crippen LogP contribution is 2.29. The second-order valence-corrected chi connectivity index (χ2v) is 6.06. The standard InChI is InChI=1S/C21H21N3O3/c1-15(27-20-8-7-17(13-22)11-21(20)25-3)14-26-19-6-4-5-18(12-19)24-10-9-23-16(24)2/h4-12,15H,14H2,1-3H3. The number of aromatic nitrogens is 2. The van der Waals surface area contributed by atoms with Crippen LogP contribution in [0, 0.1) is 18.3 Å². The highest BCUT2D eigenvalue weighted by Gasteiger charge is 2.11. The topological polar surface area (TPSA) is 69.3 Å². The lowest BCUT2D eigenvalue weighted by Gasteiger charge is -2.18. The first-order valence-corrected chi connectivity index (χ1v) is 8.58. The van der Waals surface area contributed by atoms with Crippen molar-refractivity contribution < 1.29 is 14.2 Å². The molecule has 0 fully saturated rings. The molecule has 0 spiro atoms. The third kappa shape index (κ3) is 4.39. The van der Waals surface area contributed by atoms with Crippen LogP contribution in [-0.4, -0.2) is 29.4 Å². The van der Waals surface area contributed by atoms with Crippen molar-refractivity contribution in [2.75, 3.05) is 13.7 Å². The number of methoxy groups -OCH3 is 1. The second kappa shape index (κ2) is 8.28. The van der Waals surface area contributed by atoms with Crippen LogP contribution < -0.4 is 14.2 Å². The van der Waals surface area contributed by atoms with Crippen molar-refractivity contribution in [3.63, 3.8) is 0 Å². The lowest BCUT2D eigenvalue weighted by Crippen LogP contribution is -2.21. The van der Waals surface area contributed by atoms with Crippen molar-refractivity contribution in [3.8, 4) is 29.0 Å². The summed E-state index contributed by atoms with van der Waals surface area (Å²) < 4.78 is 19.1. The molecule has 0 aliphatic carbocycles. The molecule has 0 aliphatic heterocycles. The molecule has 1 heterocycles. The zero-order chi connectivity index (χ0) is 19.2. The molecule has 138 valence electrons. The molecule has 0 amide bonds. The lowest BCUT2D eigenvalue weighted by molar-refractivity contribution is 0.139. The number of ether oxygens (including phenoxy) is 3. The molecule has 0 bridgehead atoms. The van der Waals surface area contributed by atoms with Gasteiger partial charge in [0, 0.05) is 24.5 Å². The number of imidazole rings is 1. The molecular weight excluding hydrogens is 342 g/mol. The number of nitrogens with zero attached hydrogens (tertiary/aromatic N) is 3. The van der Waals surface area contributed by atoms with E-state index in [1.54, 1.807) is 31.5 Å². The monoisotopic (exact) mass is 363 g/mol. The van der Waals surface area contributed by atoms with E-state index in [4.69, 9.17) is 19.5 Å². The number of rotatable bonds is 7. The van der Waals surface area contributed by atoms with E-state index in [1.807, 2.05) is 48.9 Å². The van der Waals surface area contributed by atoms with Crippen molar-refractivity contribution in [2.24, 2.45) is 0 Å². The normalized spacial score (nSPS) is 11.5. The predicted molar refractivity (Wildman–Crippen MR) is 102 cm³/mol. The van der Waals surface area contributed by atoms with E-state index in [0.717, 1.165) is 17.3 Å². The van der Waals surface area contributed by atoms with E-state index in [0.29, 0.717) is 23.7 Å². The lowest BCUT2D eigenvalue weighted by atomic mass is 10.2. The first kappa shape index (κ1) is 18.3. The number of nitriles is 1. The Hall–Kier alpha value is -3.46. The fourth-order valence-corrected chi connectivity index (χ4v) is 2.67. The molecule has 0 radical (unpaired) electrons. The van der Waals surface area contributed by atoms with E-state index in [9.17, 15) is 0 Å². The first-order chi connectivity index (χ1) is 13.1. The van der Waals surface area contributed by atoms with Gasteiger partial charge in [0.1, 0.15) is 24.3 Å². The molecule has 0 aliphatic rings. The van der Waals surface area contributed by atoms with Crippen molar-refractivity contribution in [1.29, 1.82) is 5.26 Å². The molecule has 0 saturated heterocycles. The summed E-state index contributed by atoms with van der Waals surface area (Å²) in [5.41, 5.74) is 1.51. The van der Waals surface area contributed by atoms with Crippen molar-refractivity contribution in [2.45, 2.75) is 20.0 Å².